The second-order valence-corrected chi connectivity index (χ2v) is 7.91. The summed E-state index contributed by atoms with van der Waals surface area (Å²) < 4.78 is 13.5. The lowest BCUT2D eigenvalue weighted by Gasteiger charge is -2.24. The zero-order valence-electron chi connectivity index (χ0n) is 18.1. The Morgan fingerprint density at radius 2 is 1.90 bits per heavy atom. The van der Waals surface area contributed by atoms with Gasteiger partial charge in [-0.25, -0.2) is 4.98 Å². The van der Waals surface area contributed by atoms with Gasteiger partial charge >= 0.3 is 0 Å². The van der Waals surface area contributed by atoms with Crippen molar-refractivity contribution in [1.82, 2.24) is 9.55 Å². The molecule has 0 spiro atoms. The second-order valence-electron chi connectivity index (χ2n) is 7.91. The van der Waals surface area contributed by atoms with Crippen molar-refractivity contribution < 1.29 is 14.4 Å². The van der Waals surface area contributed by atoms with E-state index in [1.165, 1.54) is 37.9 Å². The fraction of sp³-hybridized carbons (Fsp3) is 0.458. The van der Waals surface area contributed by atoms with Gasteiger partial charge < -0.3 is 24.3 Å². The van der Waals surface area contributed by atoms with Crippen LogP contribution in [0.25, 0.3) is 11.0 Å². The van der Waals surface area contributed by atoms with Gasteiger partial charge in [0.05, 0.1) is 50.9 Å². The molecule has 1 aliphatic heterocycles. The maximum Gasteiger partial charge on any atom is 0.204 e. The minimum atomic E-state index is 0.622. The van der Waals surface area contributed by atoms with E-state index in [0.29, 0.717) is 13.2 Å². The highest BCUT2D eigenvalue weighted by molar-refractivity contribution is 5.78. The number of para-hydroxylation sites is 2. The maximum atomic E-state index is 5.63. The Morgan fingerprint density at radius 1 is 1.07 bits per heavy atom. The summed E-state index contributed by atoms with van der Waals surface area (Å²) in [5, 5.41) is 3.56. The molecular formula is C24H33N4O2+. The van der Waals surface area contributed by atoms with Gasteiger partial charge in [0.2, 0.25) is 5.95 Å². The minimum Gasteiger partial charge on any atom is -0.493 e. The van der Waals surface area contributed by atoms with Gasteiger partial charge in [-0.2, -0.15) is 0 Å². The molecule has 0 atom stereocenters. The van der Waals surface area contributed by atoms with Crippen molar-refractivity contribution in [1.29, 1.82) is 0 Å². The van der Waals surface area contributed by atoms with Crippen molar-refractivity contribution in [2.45, 2.75) is 39.3 Å². The van der Waals surface area contributed by atoms with Crippen molar-refractivity contribution in [2.75, 3.05) is 38.7 Å². The van der Waals surface area contributed by atoms with Crippen LogP contribution >= 0.6 is 0 Å². The summed E-state index contributed by atoms with van der Waals surface area (Å²) >= 11 is 0. The molecule has 0 unspecified atom stereocenters. The molecule has 0 aliphatic carbocycles. The maximum absolute atomic E-state index is 5.63. The summed E-state index contributed by atoms with van der Waals surface area (Å²) in [5.74, 6) is 2.47. The van der Waals surface area contributed by atoms with Gasteiger partial charge in [-0.05, 0) is 56.0 Å². The van der Waals surface area contributed by atoms with E-state index in [1.54, 1.807) is 12.0 Å². The predicted octanol–water partition coefficient (Wildman–Crippen LogP) is 3.12. The minimum absolute atomic E-state index is 0.622. The molecule has 160 valence electrons. The van der Waals surface area contributed by atoms with Crippen LogP contribution in [0.5, 0.6) is 11.5 Å². The molecule has 0 amide bonds. The second kappa shape index (κ2) is 9.85. The Morgan fingerprint density at radius 3 is 2.70 bits per heavy atom. The van der Waals surface area contributed by atoms with Crippen LogP contribution in [-0.2, 0) is 13.1 Å². The highest BCUT2D eigenvalue weighted by Gasteiger charge is 2.16. The number of ether oxygens (including phenoxy) is 2. The summed E-state index contributed by atoms with van der Waals surface area (Å²) in [5.41, 5.74) is 3.37. The molecule has 6 nitrogen and oxygen atoms in total. The van der Waals surface area contributed by atoms with E-state index in [9.17, 15) is 0 Å². The van der Waals surface area contributed by atoms with E-state index in [1.807, 2.05) is 19.1 Å². The summed E-state index contributed by atoms with van der Waals surface area (Å²) in [6.45, 7) is 7.99. The number of fused-ring (bicyclic) bond motifs is 1. The van der Waals surface area contributed by atoms with E-state index < -0.39 is 0 Å². The summed E-state index contributed by atoms with van der Waals surface area (Å²) in [4.78, 5) is 6.58. The van der Waals surface area contributed by atoms with Gasteiger partial charge in [-0.15, -0.1) is 0 Å². The number of aromatic nitrogens is 2. The van der Waals surface area contributed by atoms with Crippen LogP contribution in [0.2, 0.25) is 0 Å². The van der Waals surface area contributed by atoms with E-state index in [2.05, 4.69) is 40.2 Å². The Labute approximate surface area is 178 Å². The zero-order valence-corrected chi connectivity index (χ0v) is 18.1. The number of hydrogen-bond acceptors (Lipinski definition) is 4. The first kappa shape index (κ1) is 20.5. The Kier molecular flexibility index (Phi) is 6.74. The van der Waals surface area contributed by atoms with Gasteiger partial charge in [0.1, 0.15) is 0 Å². The van der Waals surface area contributed by atoms with Crippen LogP contribution in [0.3, 0.4) is 0 Å². The first-order chi connectivity index (χ1) is 14.8. The van der Waals surface area contributed by atoms with Crippen LogP contribution in [-0.4, -0.2) is 42.9 Å². The molecule has 0 radical (unpaired) electrons. The van der Waals surface area contributed by atoms with Crippen LogP contribution < -0.4 is 19.7 Å². The van der Waals surface area contributed by atoms with Crippen molar-refractivity contribution in [3.8, 4) is 11.5 Å². The molecule has 2 N–H and O–H groups in total. The third-order valence-corrected chi connectivity index (χ3v) is 5.88. The number of imidazole rings is 1. The fourth-order valence-corrected chi connectivity index (χ4v) is 4.29. The molecule has 1 fully saturated rings. The Hall–Kier alpha value is -2.73. The smallest absolute Gasteiger partial charge is 0.204 e. The molecule has 2 aromatic carbocycles. The van der Waals surface area contributed by atoms with E-state index in [0.717, 1.165) is 41.6 Å². The molecule has 2 heterocycles. The molecule has 30 heavy (non-hydrogen) atoms. The average molecular weight is 410 g/mol. The number of rotatable bonds is 9. The van der Waals surface area contributed by atoms with E-state index >= 15 is 0 Å². The lowest BCUT2D eigenvalue weighted by molar-refractivity contribution is -0.905. The molecule has 4 rings (SSSR count). The number of hydrogen-bond donors (Lipinski definition) is 2. The number of quaternary nitrogens is 1. The third-order valence-electron chi connectivity index (χ3n) is 5.88. The number of anilines is 1. The third kappa shape index (κ3) is 4.70. The molecule has 0 bridgehead atoms. The molecule has 1 aromatic heterocycles. The van der Waals surface area contributed by atoms with Crippen LogP contribution in [0.1, 0.15) is 31.7 Å². The lowest BCUT2D eigenvalue weighted by Crippen LogP contribution is -3.13. The number of nitrogens with zero attached hydrogens (tertiary/aromatic N) is 2. The largest absolute Gasteiger partial charge is 0.493 e. The molecule has 1 saturated heterocycles. The number of benzene rings is 2. The highest BCUT2D eigenvalue weighted by atomic mass is 16.5. The average Bonchev–Trinajstić information content (AvgIpc) is 3.15. The molecule has 6 heteroatoms. The summed E-state index contributed by atoms with van der Waals surface area (Å²) in [7, 11) is 1.68. The SMILES string of the molecule is CCOc1ccc(CNc2nc3ccccc3n2CC[NH+]2CCCCC2)cc1OC. The standard InChI is InChI=1S/C24H32N4O2/c1-3-30-22-12-11-19(17-23(22)29-2)18-25-24-26-20-9-5-6-10-21(20)28(24)16-15-27-13-7-4-8-14-27/h5-6,9-12,17H,3-4,7-8,13-16,18H2,1-2H3,(H,25,26)/p+1. The van der Waals surface area contributed by atoms with E-state index in [4.69, 9.17) is 14.5 Å². The van der Waals surface area contributed by atoms with Crippen LogP contribution in [0.4, 0.5) is 5.95 Å². The van der Waals surface area contributed by atoms with Crippen molar-refractivity contribution >= 4 is 17.0 Å². The number of methoxy groups -OCH3 is 1. The first-order valence-electron chi connectivity index (χ1n) is 11.1. The van der Waals surface area contributed by atoms with Crippen molar-refractivity contribution in [3.63, 3.8) is 0 Å². The van der Waals surface area contributed by atoms with Crippen molar-refractivity contribution in [3.05, 3.63) is 48.0 Å². The lowest BCUT2D eigenvalue weighted by atomic mass is 10.1. The number of likely N-dealkylation sites (tertiary alicyclic amines) is 1. The quantitative estimate of drug-likeness (QED) is 0.570. The van der Waals surface area contributed by atoms with Crippen molar-refractivity contribution in [2.24, 2.45) is 0 Å². The summed E-state index contributed by atoms with van der Waals surface area (Å²) in [6.07, 6.45) is 4.09. The molecule has 1 aliphatic rings. The summed E-state index contributed by atoms with van der Waals surface area (Å²) in [6, 6.07) is 14.5. The molecule has 0 saturated carbocycles. The fourth-order valence-electron chi connectivity index (χ4n) is 4.29. The van der Waals surface area contributed by atoms with E-state index in [-0.39, 0.29) is 0 Å². The Bertz CT molecular complexity index is 963. The predicted molar refractivity (Wildman–Crippen MR) is 121 cm³/mol. The number of piperidine rings is 1. The van der Waals surface area contributed by atoms with Crippen LogP contribution in [0, 0.1) is 0 Å². The highest BCUT2D eigenvalue weighted by Crippen LogP contribution is 2.28. The molecular weight excluding hydrogens is 376 g/mol. The normalized spacial score (nSPS) is 14.7. The van der Waals surface area contributed by atoms with Gasteiger partial charge in [0.15, 0.2) is 11.5 Å². The van der Waals surface area contributed by atoms with Gasteiger partial charge in [0, 0.05) is 6.54 Å². The topological polar surface area (TPSA) is 52.8 Å². The number of nitrogens with one attached hydrogen (secondary N) is 2. The van der Waals surface area contributed by atoms with Gasteiger partial charge in [-0.3, -0.25) is 0 Å². The zero-order chi connectivity index (χ0) is 20.8. The van der Waals surface area contributed by atoms with Gasteiger partial charge in [-0.1, -0.05) is 18.2 Å². The van der Waals surface area contributed by atoms with Gasteiger partial charge in [0.25, 0.3) is 0 Å². The Balaban J connectivity index is 1.50. The monoisotopic (exact) mass is 409 g/mol. The first-order valence-corrected chi connectivity index (χ1v) is 11.1. The van der Waals surface area contributed by atoms with Crippen LogP contribution in [0.15, 0.2) is 42.5 Å². The molecule has 3 aromatic rings.